The van der Waals surface area contributed by atoms with Crippen LogP contribution in [0, 0.1) is 0 Å². The number of hydrogen-bond acceptors (Lipinski definition) is 6. The maximum absolute atomic E-state index is 13.2. The van der Waals surface area contributed by atoms with Gasteiger partial charge in [-0.3, -0.25) is 9.59 Å². The minimum Gasteiger partial charge on any atom is -0.486 e. The largest absolute Gasteiger partial charge is 0.486 e. The van der Waals surface area contributed by atoms with Crippen LogP contribution in [0.15, 0.2) is 60.7 Å². The van der Waals surface area contributed by atoms with Crippen LogP contribution in [0.4, 0.5) is 0 Å². The van der Waals surface area contributed by atoms with E-state index >= 15 is 0 Å². The normalized spacial score (nSPS) is 15.4. The lowest BCUT2D eigenvalue weighted by Gasteiger charge is -2.22. The molecule has 0 radical (unpaired) electrons. The van der Waals surface area contributed by atoms with E-state index in [0.717, 1.165) is 11.1 Å². The maximum atomic E-state index is 13.2. The predicted octanol–water partition coefficient (Wildman–Crippen LogP) is 4.21. The summed E-state index contributed by atoms with van der Waals surface area (Å²) in [4.78, 5) is 26.4. The van der Waals surface area contributed by atoms with Crippen molar-refractivity contribution in [2.75, 3.05) is 26.4 Å². The first-order valence-electron chi connectivity index (χ1n) is 12.0. The summed E-state index contributed by atoms with van der Waals surface area (Å²) in [5.41, 5.74) is 2.35. The highest BCUT2D eigenvalue weighted by atomic mass is 16.6. The Bertz CT molecular complexity index is 1190. The molecule has 2 atom stereocenters. The van der Waals surface area contributed by atoms with Crippen LogP contribution in [0.5, 0.6) is 23.0 Å². The number of hydrogen-bond donors (Lipinski definition) is 2. The van der Waals surface area contributed by atoms with Gasteiger partial charge in [0.15, 0.2) is 23.0 Å². The minimum atomic E-state index is -0.338. The Labute approximate surface area is 209 Å². The van der Waals surface area contributed by atoms with Crippen molar-refractivity contribution in [3.63, 3.8) is 0 Å². The van der Waals surface area contributed by atoms with E-state index in [-0.39, 0.29) is 23.9 Å². The molecule has 0 aliphatic carbocycles. The molecular formula is C28H28N2O6. The fraction of sp³-hybridized carbons (Fsp3) is 0.286. The Balaban J connectivity index is 1.28. The van der Waals surface area contributed by atoms with Gasteiger partial charge in [0.25, 0.3) is 11.8 Å². The number of benzene rings is 3. The monoisotopic (exact) mass is 488 g/mol. The quantitative estimate of drug-likeness (QED) is 0.540. The molecule has 5 rings (SSSR count). The molecule has 3 aromatic carbocycles. The molecular weight excluding hydrogens is 460 g/mol. The fourth-order valence-corrected chi connectivity index (χ4v) is 4.25. The third kappa shape index (κ3) is 4.93. The molecule has 0 bridgehead atoms. The van der Waals surface area contributed by atoms with Crippen LogP contribution in [0.3, 0.4) is 0 Å². The van der Waals surface area contributed by atoms with Gasteiger partial charge in [0.2, 0.25) is 0 Å². The third-order valence-corrected chi connectivity index (χ3v) is 6.24. The highest BCUT2D eigenvalue weighted by Crippen LogP contribution is 2.34. The lowest BCUT2D eigenvalue weighted by Crippen LogP contribution is -2.32. The van der Waals surface area contributed by atoms with E-state index in [4.69, 9.17) is 18.9 Å². The molecule has 3 aromatic rings. The van der Waals surface area contributed by atoms with Gasteiger partial charge in [0.1, 0.15) is 26.4 Å². The van der Waals surface area contributed by atoms with E-state index in [1.54, 1.807) is 24.3 Å². The summed E-state index contributed by atoms with van der Waals surface area (Å²) in [6.07, 6.45) is 0. The summed E-state index contributed by atoms with van der Waals surface area (Å²) in [7, 11) is 0. The molecule has 2 aliphatic heterocycles. The minimum absolute atomic E-state index is 0.300. The van der Waals surface area contributed by atoms with E-state index < -0.39 is 0 Å². The lowest BCUT2D eigenvalue weighted by molar-refractivity contribution is 0.0905. The Morgan fingerprint density at radius 1 is 0.611 bits per heavy atom. The molecule has 2 N–H and O–H groups in total. The summed E-state index contributed by atoms with van der Waals surface area (Å²) in [5.74, 6) is 2.03. The van der Waals surface area contributed by atoms with Gasteiger partial charge in [-0.2, -0.15) is 0 Å². The number of carbonyl (C=O) groups excluding carboxylic acids is 2. The van der Waals surface area contributed by atoms with Gasteiger partial charge < -0.3 is 29.6 Å². The lowest BCUT2D eigenvalue weighted by atomic mass is 10.0. The number of fused-ring (bicyclic) bond motifs is 2. The molecule has 186 valence electrons. The highest BCUT2D eigenvalue weighted by molar-refractivity contribution is 6.07. The summed E-state index contributed by atoms with van der Waals surface area (Å²) in [5, 5.41) is 5.98. The smallest absolute Gasteiger partial charge is 0.252 e. The zero-order chi connectivity index (χ0) is 25.1. The summed E-state index contributed by atoms with van der Waals surface area (Å²) in [6, 6.07) is 17.4. The van der Waals surface area contributed by atoms with Crippen LogP contribution < -0.4 is 29.6 Å². The van der Waals surface area contributed by atoms with Crippen molar-refractivity contribution < 1.29 is 28.5 Å². The van der Waals surface area contributed by atoms with Crippen molar-refractivity contribution >= 4 is 11.8 Å². The van der Waals surface area contributed by atoms with Gasteiger partial charge in [-0.05, 0) is 61.4 Å². The first-order chi connectivity index (χ1) is 17.5. The van der Waals surface area contributed by atoms with E-state index in [1.165, 1.54) is 0 Å². The van der Waals surface area contributed by atoms with E-state index in [1.807, 2.05) is 50.2 Å². The second-order valence-electron chi connectivity index (χ2n) is 8.74. The van der Waals surface area contributed by atoms with Crippen molar-refractivity contribution in [2.24, 2.45) is 0 Å². The van der Waals surface area contributed by atoms with Crippen LogP contribution in [0.25, 0.3) is 0 Å². The summed E-state index contributed by atoms with van der Waals surface area (Å²) < 4.78 is 22.4. The Hall–Kier alpha value is -4.20. The SMILES string of the molecule is CC(NC(=O)c1ccccc1C(=O)NC(C)c1ccc2c(c1)OCCO2)c1ccc2c(c1)OCCO2. The van der Waals surface area contributed by atoms with Crippen molar-refractivity contribution in [3.05, 3.63) is 82.9 Å². The molecule has 0 fully saturated rings. The zero-order valence-electron chi connectivity index (χ0n) is 20.2. The average molecular weight is 489 g/mol. The van der Waals surface area contributed by atoms with Crippen LogP contribution in [-0.4, -0.2) is 38.2 Å². The number of rotatable bonds is 6. The molecule has 2 unspecified atom stereocenters. The molecule has 0 saturated heterocycles. The summed E-state index contributed by atoms with van der Waals surface area (Å²) >= 11 is 0. The van der Waals surface area contributed by atoms with Gasteiger partial charge >= 0.3 is 0 Å². The Kier molecular flexibility index (Phi) is 6.66. The molecule has 2 aliphatic rings. The number of nitrogens with one attached hydrogen (secondary N) is 2. The molecule has 2 heterocycles. The van der Waals surface area contributed by atoms with Crippen molar-refractivity contribution in [1.29, 1.82) is 0 Å². The highest BCUT2D eigenvalue weighted by Gasteiger charge is 2.22. The molecule has 8 nitrogen and oxygen atoms in total. The number of ether oxygens (including phenoxy) is 4. The first-order valence-corrected chi connectivity index (χ1v) is 12.0. The Morgan fingerprint density at radius 3 is 1.42 bits per heavy atom. The molecule has 0 spiro atoms. The van der Waals surface area contributed by atoms with Gasteiger partial charge in [-0.1, -0.05) is 24.3 Å². The van der Waals surface area contributed by atoms with Crippen molar-refractivity contribution in [2.45, 2.75) is 25.9 Å². The molecule has 0 saturated carbocycles. The molecule has 2 amide bonds. The Morgan fingerprint density at radius 2 is 1.00 bits per heavy atom. The zero-order valence-corrected chi connectivity index (χ0v) is 20.2. The van der Waals surface area contributed by atoms with Crippen LogP contribution in [-0.2, 0) is 0 Å². The van der Waals surface area contributed by atoms with Crippen LogP contribution in [0.1, 0.15) is 57.8 Å². The van der Waals surface area contributed by atoms with Gasteiger partial charge in [0, 0.05) is 0 Å². The van der Waals surface area contributed by atoms with Crippen molar-refractivity contribution in [3.8, 4) is 23.0 Å². The van der Waals surface area contributed by atoms with E-state index in [9.17, 15) is 9.59 Å². The maximum Gasteiger partial charge on any atom is 0.252 e. The van der Waals surface area contributed by atoms with Gasteiger partial charge in [0.05, 0.1) is 23.2 Å². The second-order valence-corrected chi connectivity index (χ2v) is 8.74. The standard InChI is InChI=1S/C28H28N2O6/c1-17(19-7-9-23-25(15-19)35-13-11-33-23)29-27(31)21-5-3-4-6-22(21)28(32)30-18(2)20-8-10-24-26(16-20)36-14-12-34-24/h3-10,15-18H,11-14H2,1-2H3,(H,29,31)(H,30,32). The van der Waals surface area contributed by atoms with Crippen LogP contribution in [0.2, 0.25) is 0 Å². The third-order valence-electron chi connectivity index (χ3n) is 6.24. The van der Waals surface area contributed by atoms with Gasteiger partial charge in [-0.15, -0.1) is 0 Å². The average Bonchev–Trinajstić information content (AvgIpc) is 2.92. The van der Waals surface area contributed by atoms with E-state index in [2.05, 4.69) is 10.6 Å². The predicted molar refractivity (Wildman–Crippen MR) is 133 cm³/mol. The topological polar surface area (TPSA) is 95.1 Å². The number of amides is 2. The number of carbonyl (C=O) groups is 2. The molecule has 8 heteroatoms. The first kappa shape index (κ1) is 23.5. The van der Waals surface area contributed by atoms with E-state index in [0.29, 0.717) is 60.6 Å². The molecule has 0 aromatic heterocycles. The summed E-state index contributed by atoms with van der Waals surface area (Å²) in [6.45, 7) is 5.79. The second kappa shape index (κ2) is 10.2. The van der Waals surface area contributed by atoms with Crippen molar-refractivity contribution in [1.82, 2.24) is 10.6 Å². The fourth-order valence-electron chi connectivity index (χ4n) is 4.25. The molecule has 36 heavy (non-hydrogen) atoms. The van der Waals surface area contributed by atoms with Crippen LogP contribution >= 0.6 is 0 Å². The van der Waals surface area contributed by atoms with Gasteiger partial charge in [-0.25, -0.2) is 0 Å².